The maximum absolute atomic E-state index is 12.0. The lowest BCUT2D eigenvalue weighted by molar-refractivity contribution is -0.125. The minimum atomic E-state index is 0.156. The van der Waals surface area contributed by atoms with E-state index in [4.69, 9.17) is 4.74 Å². The monoisotopic (exact) mass is 247 g/mol. The summed E-state index contributed by atoms with van der Waals surface area (Å²) < 4.78 is 5.12. The van der Waals surface area contributed by atoms with Crippen molar-refractivity contribution in [2.45, 2.75) is 39.0 Å². The number of pyridine rings is 1. The Morgan fingerprint density at radius 1 is 1.44 bits per heavy atom. The second kappa shape index (κ2) is 5.98. The molecule has 1 aliphatic carbocycles. The molecule has 98 valence electrons. The fourth-order valence-corrected chi connectivity index (χ4v) is 2.71. The van der Waals surface area contributed by atoms with E-state index in [2.05, 4.69) is 11.9 Å². The highest BCUT2D eigenvalue weighted by molar-refractivity contribution is 5.82. The molecule has 0 saturated heterocycles. The Morgan fingerprint density at radius 2 is 2.28 bits per heavy atom. The van der Waals surface area contributed by atoms with Crippen LogP contribution in [0.15, 0.2) is 18.2 Å². The van der Waals surface area contributed by atoms with E-state index in [-0.39, 0.29) is 5.92 Å². The van der Waals surface area contributed by atoms with Gasteiger partial charge >= 0.3 is 0 Å². The Bertz CT molecular complexity index is 417. The SMILES string of the molecule is CCC1CCC(=O)C(Cc2cccc(OC)n2)C1. The van der Waals surface area contributed by atoms with Crippen molar-refractivity contribution < 1.29 is 9.53 Å². The van der Waals surface area contributed by atoms with E-state index in [1.54, 1.807) is 7.11 Å². The molecular formula is C15H21NO2. The Morgan fingerprint density at radius 3 is 3.00 bits per heavy atom. The molecule has 3 heteroatoms. The summed E-state index contributed by atoms with van der Waals surface area (Å²) in [6.45, 7) is 2.21. The van der Waals surface area contributed by atoms with Gasteiger partial charge in [-0.15, -0.1) is 0 Å². The molecule has 0 spiro atoms. The van der Waals surface area contributed by atoms with Crippen LogP contribution in [0, 0.1) is 11.8 Å². The second-order valence-corrected chi connectivity index (χ2v) is 5.09. The highest BCUT2D eigenvalue weighted by atomic mass is 16.5. The number of nitrogens with zero attached hydrogens (tertiary/aromatic N) is 1. The third-order valence-corrected chi connectivity index (χ3v) is 3.90. The number of hydrogen-bond acceptors (Lipinski definition) is 3. The van der Waals surface area contributed by atoms with Crippen molar-refractivity contribution in [3.8, 4) is 5.88 Å². The lowest BCUT2D eigenvalue weighted by Crippen LogP contribution is -2.26. The summed E-state index contributed by atoms with van der Waals surface area (Å²) in [7, 11) is 1.62. The first-order valence-corrected chi connectivity index (χ1v) is 6.75. The highest BCUT2D eigenvalue weighted by Crippen LogP contribution is 2.30. The van der Waals surface area contributed by atoms with Gasteiger partial charge < -0.3 is 4.74 Å². The maximum atomic E-state index is 12.0. The van der Waals surface area contributed by atoms with Crippen LogP contribution in [0.2, 0.25) is 0 Å². The van der Waals surface area contributed by atoms with Gasteiger partial charge in [0.15, 0.2) is 0 Å². The normalized spacial score (nSPS) is 24.0. The van der Waals surface area contributed by atoms with Crippen LogP contribution in [0.3, 0.4) is 0 Å². The van der Waals surface area contributed by atoms with Gasteiger partial charge in [-0.05, 0) is 31.2 Å². The molecule has 2 atom stereocenters. The Labute approximate surface area is 109 Å². The van der Waals surface area contributed by atoms with Crippen LogP contribution in [0.5, 0.6) is 5.88 Å². The summed E-state index contributed by atoms with van der Waals surface area (Å²) in [6, 6.07) is 5.75. The number of aromatic nitrogens is 1. The van der Waals surface area contributed by atoms with Crippen LogP contribution in [-0.2, 0) is 11.2 Å². The Balaban J connectivity index is 2.04. The van der Waals surface area contributed by atoms with Gasteiger partial charge in [-0.2, -0.15) is 0 Å². The first-order valence-electron chi connectivity index (χ1n) is 6.75. The smallest absolute Gasteiger partial charge is 0.213 e. The molecule has 2 unspecified atom stereocenters. The van der Waals surface area contributed by atoms with Gasteiger partial charge in [0.05, 0.1) is 7.11 Å². The molecule has 2 rings (SSSR count). The molecule has 1 saturated carbocycles. The summed E-state index contributed by atoms with van der Waals surface area (Å²) in [6.07, 6.45) is 4.76. The van der Waals surface area contributed by atoms with Crippen molar-refractivity contribution in [3.05, 3.63) is 23.9 Å². The molecule has 0 bridgehead atoms. The predicted molar refractivity (Wildman–Crippen MR) is 70.6 cm³/mol. The van der Waals surface area contributed by atoms with Crippen LogP contribution in [-0.4, -0.2) is 17.9 Å². The van der Waals surface area contributed by atoms with Crippen molar-refractivity contribution in [3.63, 3.8) is 0 Å². The van der Waals surface area contributed by atoms with Crippen LogP contribution in [0.4, 0.5) is 0 Å². The van der Waals surface area contributed by atoms with Crippen molar-refractivity contribution in [1.29, 1.82) is 0 Å². The summed E-state index contributed by atoms with van der Waals surface area (Å²) in [4.78, 5) is 16.4. The largest absolute Gasteiger partial charge is 0.481 e. The van der Waals surface area contributed by atoms with Gasteiger partial charge in [-0.3, -0.25) is 4.79 Å². The fourth-order valence-electron chi connectivity index (χ4n) is 2.71. The minimum absolute atomic E-state index is 0.156. The number of methoxy groups -OCH3 is 1. The molecule has 0 aromatic carbocycles. The van der Waals surface area contributed by atoms with Crippen molar-refractivity contribution in [1.82, 2.24) is 4.98 Å². The fraction of sp³-hybridized carbons (Fsp3) is 0.600. The van der Waals surface area contributed by atoms with E-state index >= 15 is 0 Å². The van der Waals surface area contributed by atoms with Gasteiger partial charge in [0.25, 0.3) is 0 Å². The molecule has 1 fully saturated rings. The van der Waals surface area contributed by atoms with E-state index in [0.717, 1.165) is 31.4 Å². The first kappa shape index (κ1) is 13.1. The number of carbonyl (C=O) groups excluding carboxylic acids is 1. The summed E-state index contributed by atoms with van der Waals surface area (Å²) in [5, 5.41) is 0. The lowest BCUT2D eigenvalue weighted by Gasteiger charge is -2.27. The topological polar surface area (TPSA) is 39.2 Å². The summed E-state index contributed by atoms with van der Waals surface area (Å²) in [5.74, 6) is 1.90. The van der Waals surface area contributed by atoms with E-state index < -0.39 is 0 Å². The van der Waals surface area contributed by atoms with Crippen molar-refractivity contribution in [2.75, 3.05) is 7.11 Å². The van der Waals surface area contributed by atoms with Gasteiger partial charge in [0, 0.05) is 24.1 Å². The molecule has 0 N–H and O–H groups in total. The molecular weight excluding hydrogens is 226 g/mol. The van der Waals surface area contributed by atoms with Gasteiger partial charge in [-0.25, -0.2) is 4.98 Å². The first-order chi connectivity index (χ1) is 8.72. The standard InChI is InChI=1S/C15H21NO2/c1-3-11-7-8-14(17)12(9-11)10-13-5-4-6-15(16-13)18-2/h4-6,11-12H,3,7-10H2,1-2H3. The van der Waals surface area contributed by atoms with Gasteiger partial charge in [-0.1, -0.05) is 19.4 Å². The van der Waals surface area contributed by atoms with Crippen molar-refractivity contribution in [2.24, 2.45) is 11.8 Å². The minimum Gasteiger partial charge on any atom is -0.481 e. The van der Waals surface area contributed by atoms with E-state index in [1.807, 2.05) is 18.2 Å². The molecule has 0 amide bonds. The lowest BCUT2D eigenvalue weighted by atomic mass is 9.77. The number of carbonyl (C=O) groups is 1. The highest BCUT2D eigenvalue weighted by Gasteiger charge is 2.28. The van der Waals surface area contributed by atoms with Gasteiger partial charge in [0.2, 0.25) is 5.88 Å². The summed E-state index contributed by atoms with van der Waals surface area (Å²) in [5.41, 5.74) is 0.962. The molecule has 1 aliphatic rings. The van der Waals surface area contributed by atoms with Crippen LogP contribution >= 0.6 is 0 Å². The molecule has 0 radical (unpaired) electrons. The third-order valence-electron chi connectivity index (χ3n) is 3.90. The van der Waals surface area contributed by atoms with Crippen molar-refractivity contribution >= 4 is 5.78 Å². The number of ether oxygens (including phenoxy) is 1. The number of rotatable bonds is 4. The number of hydrogen-bond donors (Lipinski definition) is 0. The molecule has 1 aromatic heterocycles. The Kier molecular flexibility index (Phi) is 4.34. The molecule has 18 heavy (non-hydrogen) atoms. The van der Waals surface area contributed by atoms with Crippen LogP contribution < -0.4 is 4.74 Å². The maximum Gasteiger partial charge on any atom is 0.213 e. The van der Waals surface area contributed by atoms with Crippen LogP contribution in [0.1, 0.15) is 38.3 Å². The molecule has 1 heterocycles. The molecule has 0 aliphatic heterocycles. The zero-order valence-electron chi connectivity index (χ0n) is 11.2. The summed E-state index contributed by atoms with van der Waals surface area (Å²) >= 11 is 0. The molecule has 3 nitrogen and oxygen atoms in total. The predicted octanol–water partition coefficient (Wildman–Crippen LogP) is 3.03. The number of ketones is 1. The van der Waals surface area contributed by atoms with Crippen LogP contribution in [0.25, 0.3) is 0 Å². The molecule has 1 aromatic rings. The van der Waals surface area contributed by atoms with E-state index in [1.165, 1.54) is 6.42 Å². The van der Waals surface area contributed by atoms with E-state index in [9.17, 15) is 4.79 Å². The average molecular weight is 247 g/mol. The third kappa shape index (κ3) is 3.09. The zero-order chi connectivity index (χ0) is 13.0. The second-order valence-electron chi connectivity index (χ2n) is 5.09. The van der Waals surface area contributed by atoms with E-state index in [0.29, 0.717) is 17.6 Å². The Hall–Kier alpha value is -1.38. The van der Waals surface area contributed by atoms with Gasteiger partial charge in [0.1, 0.15) is 5.78 Å². The number of Topliss-reactive ketones (excluding diaryl/α,β-unsaturated/α-hetero) is 1. The quantitative estimate of drug-likeness (QED) is 0.821. The average Bonchev–Trinajstić information content (AvgIpc) is 2.41. The zero-order valence-corrected chi connectivity index (χ0v) is 11.2.